The topological polar surface area (TPSA) is 13.1 Å². The van der Waals surface area contributed by atoms with E-state index in [0.717, 1.165) is 22.2 Å². The van der Waals surface area contributed by atoms with Crippen molar-refractivity contribution in [3.8, 4) is 11.3 Å². The molecule has 23 heavy (non-hydrogen) atoms. The van der Waals surface area contributed by atoms with Crippen LogP contribution in [-0.2, 0) is 5.32 Å². The molecule has 0 fully saturated rings. The maximum absolute atomic E-state index is 6.19. The van der Waals surface area contributed by atoms with Crippen molar-refractivity contribution in [1.82, 2.24) is 0 Å². The summed E-state index contributed by atoms with van der Waals surface area (Å²) in [4.78, 5) is 0. The fourth-order valence-corrected chi connectivity index (χ4v) is 5.02. The molecule has 0 aliphatic rings. The first kappa shape index (κ1) is 14.3. The molecule has 0 saturated carbocycles. The quantitative estimate of drug-likeness (QED) is 0.482. The molecule has 1 heterocycles. The van der Waals surface area contributed by atoms with Gasteiger partial charge in [-0.15, -0.1) is 0 Å². The van der Waals surface area contributed by atoms with Gasteiger partial charge in [0.15, 0.2) is 0 Å². The molecule has 0 bridgehead atoms. The van der Waals surface area contributed by atoms with E-state index in [9.17, 15) is 0 Å². The molecule has 112 valence electrons. The number of rotatable bonds is 4. The Morgan fingerprint density at radius 3 is 2.13 bits per heavy atom. The van der Waals surface area contributed by atoms with Crippen LogP contribution in [0.25, 0.3) is 22.3 Å². The number of furan rings is 1. The van der Waals surface area contributed by atoms with Gasteiger partial charge in [0.05, 0.1) is 0 Å². The molecular formula is C21H16OSe. The predicted octanol–water partition coefficient (Wildman–Crippen LogP) is 4.63. The van der Waals surface area contributed by atoms with E-state index in [1.165, 1.54) is 15.4 Å². The second-order valence-corrected chi connectivity index (χ2v) is 7.46. The zero-order valence-corrected chi connectivity index (χ0v) is 14.3. The first-order valence-electron chi connectivity index (χ1n) is 7.65. The van der Waals surface area contributed by atoms with E-state index in [4.69, 9.17) is 4.42 Å². The molecule has 0 unspecified atom stereocenters. The summed E-state index contributed by atoms with van der Waals surface area (Å²) in [7, 11) is 0. The van der Waals surface area contributed by atoms with Crippen LogP contribution in [-0.4, -0.2) is 15.0 Å². The number of para-hydroxylation sites is 1. The second kappa shape index (κ2) is 6.45. The molecule has 0 N–H and O–H groups in total. The molecule has 2 heteroatoms. The van der Waals surface area contributed by atoms with E-state index in [2.05, 4.69) is 72.8 Å². The van der Waals surface area contributed by atoms with Gasteiger partial charge in [-0.25, -0.2) is 0 Å². The zero-order valence-electron chi connectivity index (χ0n) is 12.6. The number of fused-ring (bicyclic) bond motifs is 1. The van der Waals surface area contributed by atoms with Gasteiger partial charge < -0.3 is 0 Å². The van der Waals surface area contributed by atoms with Crippen LogP contribution in [0.4, 0.5) is 0 Å². The van der Waals surface area contributed by atoms with Crippen molar-refractivity contribution in [3.63, 3.8) is 0 Å². The Labute approximate surface area is 142 Å². The van der Waals surface area contributed by atoms with E-state index in [0.29, 0.717) is 15.0 Å². The Morgan fingerprint density at radius 1 is 0.696 bits per heavy atom. The van der Waals surface area contributed by atoms with Gasteiger partial charge >= 0.3 is 142 Å². The van der Waals surface area contributed by atoms with Crippen LogP contribution in [0.3, 0.4) is 0 Å². The fourth-order valence-electron chi connectivity index (χ4n) is 2.67. The van der Waals surface area contributed by atoms with E-state index >= 15 is 0 Å². The summed E-state index contributed by atoms with van der Waals surface area (Å²) in [6, 6.07) is 29.5. The Hall–Kier alpha value is -2.28. The SMILES string of the molecule is c1ccc(C[Se]c2c(-c3ccccc3)oc3ccccc23)cc1. The standard InChI is InChI=1S/C21H16OSe/c1-3-9-16(10-4-1)15-23-21-18-13-7-8-14-19(18)22-20(21)17-11-5-2-6-12-17/h1-14H,15H2. The van der Waals surface area contributed by atoms with Crippen molar-refractivity contribution >= 4 is 30.4 Å². The van der Waals surface area contributed by atoms with Gasteiger partial charge in [-0.1, -0.05) is 0 Å². The number of hydrogen-bond donors (Lipinski definition) is 0. The fraction of sp³-hybridized carbons (Fsp3) is 0.0476. The third kappa shape index (κ3) is 2.96. The average Bonchev–Trinajstić information content (AvgIpc) is 3.00. The minimum absolute atomic E-state index is 0.332. The predicted molar refractivity (Wildman–Crippen MR) is 97.2 cm³/mol. The molecule has 1 aromatic heterocycles. The van der Waals surface area contributed by atoms with Crippen LogP contribution in [0.2, 0.25) is 0 Å². The molecule has 0 radical (unpaired) electrons. The summed E-state index contributed by atoms with van der Waals surface area (Å²) in [5.74, 6) is 1.03. The Kier molecular flexibility index (Phi) is 4.02. The minimum atomic E-state index is 0.332. The Balaban J connectivity index is 1.77. The van der Waals surface area contributed by atoms with Crippen molar-refractivity contribution in [2.75, 3.05) is 0 Å². The second-order valence-electron chi connectivity index (χ2n) is 5.40. The average molecular weight is 363 g/mol. The van der Waals surface area contributed by atoms with E-state index in [1.54, 1.807) is 0 Å². The van der Waals surface area contributed by atoms with Gasteiger partial charge in [0, 0.05) is 0 Å². The van der Waals surface area contributed by atoms with Crippen molar-refractivity contribution < 1.29 is 4.42 Å². The van der Waals surface area contributed by atoms with Crippen LogP contribution in [0, 0.1) is 0 Å². The van der Waals surface area contributed by atoms with Crippen LogP contribution in [0.1, 0.15) is 5.56 Å². The first-order chi connectivity index (χ1) is 11.4. The summed E-state index contributed by atoms with van der Waals surface area (Å²) >= 11 is 0.332. The molecule has 1 nitrogen and oxygen atoms in total. The number of hydrogen-bond acceptors (Lipinski definition) is 1. The van der Waals surface area contributed by atoms with Gasteiger partial charge in [-0.2, -0.15) is 0 Å². The van der Waals surface area contributed by atoms with E-state index in [1.807, 2.05) is 12.1 Å². The number of benzene rings is 3. The molecule has 0 atom stereocenters. The Bertz CT molecular complexity index is 910. The molecule has 4 aromatic rings. The molecule has 0 aliphatic heterocycles. The van der Waals surface area contributed by atoms with Crippen LogP contribution < -0.4 is 4.46 Å². The van der Waals surface area contributed by atoms with Gasteiger partial charge in [0.25, 0.3) is 0 Å². The van der Waals surface area contributed by atoms with E-state index in [-0.39, 0.29) is 0 Å². The molecule has 0 spiro atoms. The van der Waals surface area contributed by atoms with Gasteiger partial charge in [-0.05, 0) is 0 Å². The monoisotopic (exact) mass is 364 g/mol. The molecule has 4 rings (SSSR count). The molecule has 0 aliphatic carbocycles. The van der Waals surface area contributed by atoms with Gasteiger partial charge in [0.1, 0.15) is 0 Å². The normalized spacial score (nSPS) is 11.0. The summed E-state index contributed by atoms with van der Waals surface area (Å²) in [6.45, 7) is 0. The van der Waals surface area contributed by atoms with Crippen molar-refractivity contribution in [2.45, 2.75) is 5.32 Å². The Morgan fingerprint density at radius 2 is 1.35 bits per heavy atom. The van der Waals surface area contributed by atoms with Crippen LogP contribution in [0.5, 0.6) is 0 Å². The van der Waals surface area contributed by atoms with Crippen molar-refractivity contribution in [3.05, 3.63) is 90.5 Å². The zero-order chi connectivity index (χ0) is 15.5. The third-order valence-electron chi connectivity index (χ3n) is 3.81. The van der Waals surface area contributed by atoms with Crippen LogP contribution in [0.15, 0.2) is 89.3 Å². The molecule has 0 saturated heterocycles. The van der Waals surface area contributed by atoms with Gasteiger partial charge in [0.2, 0.25) is 0 Å². The van der Waals surface area contributed by atoms with Crippen molar-refractivity contribution in [1.29, 1.82) is 0 Å². The summed E-state index contributed by atoms with van der Waals surface area (Å²) in [5.41, 5.74) is 3.53. The van der Waals surface area contributed by atoms with E-state index < -0.39 is 0 Å². The maximum atomic E-state index is 6.19. The van der Waals surface area contributed by atoms with Gasteiger partial charge in [-0.3, -0.25) is 0 Å². The summed E-state index contributed by atoms with van der Waals surface area (Å²) < 4.78 is 7.55. The van der Waals surface area contributed by atoms with Crippen LogP contribution >= 0.6 is 0 Å². The molecule has 3 aromatic carbocycles. The van der Waals surface area contributed by atoms with Crippen molar-refractivity contribution in [2.24, 2.45) is 0 Å². The summed E-state index contributed by atoms with van der Waals surface area (Å²) in [5, 5.41) is 2.33. The third-order valence-corrected chi connectivity index (χ3v) is 6.27. The molecular weight excluding hydrogens is 347 g/mol. The molecule has 0 amide bonds. The summed E-state index contributed by atoms with van der Waals surface area (Å²) in [6.07, 6.45) is 0. The first-order valence-corrected chi connectivity index (χ1v) is 9.72.